The Kier molecular flexibility index (Phi) is 3.35. The van der Waals surface area contributed by atoms with Crippen LogP contribution in [0, 0.1) is 25.2 Å². The predicted octanol–water partition coefficient (Wildman–Crippen LogP) is 2.64. The summed E-state index contributed by atoms with van der Waals surface area (Å²) in [4.78, 5) is 9.81. The molecule has 2 aromatic heterocycles. The minimum atomic E-state index is 0.418. The zero-order valence-corrected chi connectivity index (χ0v) is 10.5. The van der Waals surface area contributed by atoms with Crippen molar-refractivity contribution < 1.29 is 0 Å². The molecule has 5 heteroatoms. The Bertz CT molecular complexity index is 549. The van der Waals surface area contributed by atoms with Gasteiger partial charge in [0.15, 0.2) is 0 Å². The molecule has 0 fully saturated rings. The van der Waals surface area contributed by atoms with E-state index in [1.165, 1.54) is 4.88 Å². The lowest BCUT2D eigenvalue weighted by Crippen LogP contribution is -2.01. The van der Waals surface area contributed by atoms with Crippen molar-refractivity contribution in [1.29, 1.82) is 5.26 Å². The molecule has 17 heavy (non-hydrogen) atoms. The van der Waals surface area contributed by atoms with Crippen molar-refractivity contribution in [3.63, 3.8) is 0 Å². The highest BCUT2D eigenvalue weighted by molar-refractivity contribution is 7.11. The fraction of sp³-hybridized carbons (Fsp3) is 0.250. The molecule has 0 bridgehead atoms. The smallest absolute Gasteiger partial charge is 0.142 e. The third kappa shape index (κ3) is 2.80. The van der Waals surface area contributed by atoms with Gasteiger partial charge in [0.05, 0.1) is 12.2 Å². The summed E-state index contributed by atoms with van der Waals surface area (Å²) in [6, 6.07) is 7.35. The minimum Gasteiger partial charge on any atom is -0.364 e. The van der Waals surface area contributed by atoms with Crippen molar-refractivity contribution >= 4 is 17.2 Å². The number of hydrogen-bond donors (Lipinski definition) is 1. The number of nitrogens with one attached hydrogen (secondary N) is 1. The zero-order chi connectivity index (χ0) is 12.3. The highest BCUT2D eigenvalue weighted by Gasteiger charge is 2.03. The Hall–Kier alpha value is -1.93. The maximum Gasteiger partial charge on any atom is 0.142 e. The average molecular weight is 244 g/mol. The SMILES string of the molecule is Cc1nc(CNc2cccc(C#N)n2)sc1C. The topological polar surface area (TPSA) is 61.6 Å². The van der Waals surface area contributed by atoms with Crippen LogP contribution >= 0.6 is 11.3 Å². The van der Waals surface area contributed by atoms with E-state index in [2.05, 4.69) is 22.2 Å². The van der Waals surface area contributed by atoms with E-state index in [1.54, 1.807) is 17.4 Å². The van der Waals surface area contributed by atoms with E-state index >= 15 is 0 Å². The standard InChI is InChI=1S/C12H12N4S/c1-8-9(2)17-12(15-8)7-14-11-5-3-4-10(6-13)16-11/h3-5H,7H2,1-2H3,(H,14,16). The summed E-state index contributed by atoms with van der Waals surface area (Å²) >= 11 is 1.68. The highest BCUT2D eigenvalue weighted by Crippen LogP contribution is 2.17. The molecular weight excluding hydrogens is 232 g/mol. The van der Waals surface area contributed by atoms with Crippen LogP contribution < -0.4 is 5.32 Å². The van der Waals surface area contributed by atoms with Crippen LogP contribution in [0.15, 0.2) is 18.2 Å². The second-order valence-electron chi connectivity index (χ2n) is 3.62. The number of thiazole rings is 1. The highest BCUT2D eigenvalue weighted by atomic mass is 32.1. The molecule has 0 unspecified atom stereocenters. The maximum absolute atomic E-state index is 8.74. The summed E-state index contributed by atoms with van der Waals surface area (Å²) in [6.45, 7) is 4.70. The quantitative estimate of drug-likeness (QED) is 0.901. The Labute approximate surface area is 104 Å². The molecule has 86 valence electrons. The Morgan fingerprint density at radius 3 is 2.82 bits per heavy atom. The van der Waals surface area contributed by atoms with Gasteiger partial charge in [-0.3, -0.25) is 0 Å². The normalized spacial score (nSPS) is 9.94. The number of anilines is 1. The van der Waals surface area contributed by atoms with E-state index in [9.17, 15) is 0 Å². The average Bonchev–Trinajstić information content (AvgIpc) is 2.67. The molecule has 0 radical (unpaired) electrons. The van der Waals surface area contributed by atoms with Crippen LogP contribution in [0.25, 0.3) is 0 Å². The summed E-state index contributed by atoms with van der Waals surface area (Å²) in [5, 5.41) is 12.9. The van der Waals surface area contributed by atoms with Gasteiger partial charge in [-0.15, -0.1) is 11.3 Å². The van der Waals surface area contributed by atoms with Gasteiger partial charge in [-0.05, 0) is 26.0 Å². The van der Waals surface area contributed by atoms with E-state index in [0.29, 0.717) is 18.1 Å². The van der Waals surface area contributed by atoms with Gasteiger partial charge in [-0.2, -0.15) is 5.26 Å². The monoisotopic (exact) mass is 244 g/mol. The summed E-state index contributed by atoms with van der Waals surface area (Å²) < 4.78 is 0. The number of rotatable bonds is 3. The van der Waals surface area contributed by atoms with Gasteiger partial charge in [0.1, 0.15) is 22.6 Å². The Balaban J connectivity index is 2.05. The molecule has 2 heterocycles. The molecule has 0 aliphatic rings. The van der Waals surface area contributed by atoms with Crippen molar-refractivity contribution in [2.24, 2.45) is 0 Å². The number of pyridine rings is 1. The third-order valence-electron chi connectivity index (χ3n) is 2.36. The van der Waals surface area contributed by atoms with Crippen LogP contribution in [0.2, 0.25) is 0 Å². The molecule has 1 N–H and O–H groups in total. The van der Waals surface area contributed by atoms with Gasteiger partial charge < -0.3 is 5.32 Å². The predicted molar refractivity (Wildman–Crippen MR) is 67.9 cm³/mol. The Morgan fingerprint density at radius 1 is 1.35 bits per heavy atom. The van der Waals surface area contributed by atoms with Gasteiger partial charge >= 0.3 is 0 Å². The van der Waals surface area contributed by atoms with Gasteiger partial charge in [0.25, 0.3) is 0 Å². The van der Waals surface area contributed by atoms with Crippen LogP contribution in [0.3, 0.4) is 0 Å². The first-order valence-corrected chi connectivity index (χ1v) is 6.04. The van der Waals surface area contributed by atoms with Crippen molar-refractivity contribution in [1.82, 2.24) is 9.97 Å². The molecule has 4 nitrogen and oxygen atoms in total. The van der Waals surface area contributed by atoms with Crippen molar-refractivity contribution in [3.05, 3.63) is 39.5 Å². The zero-order valence-electron chi connectivity index (χ0n) is 9.69. The first-order valence-electron chi connectivity index (χ1n) is 5.23. The summed E-state index contributed by atoms with van der Waals surface area (Å²) in [7, 11) is 0. The van der Waals surface area contributed by atoms with E-state index in [0.717, 1.165) is 10.7 Å². The minimum absolute atomic E-state index is 0.418. The number of hydrogen-bond acceptors (Lipinski definition) is 5. The first-order chi connectivity index (χ1) is 8.19. The summed E-state index contributed by atoms with van der Waals surface area (Å²) in [5.74, 6) is 0.703. The lowest BCUT2D eigenvalue weighted by Gasteiger charge is -2.02. The van der Waals surface area contributed by atoms with Gasteiger partial charge in [0.2, 0.25) is 0 Å². The van der Waals surface area contributed by atoms with E-state index in [1.807, 2.05) is 25.1 Å². The van der Waals surface area contributed by atoms with Crippen LogP contribution in [0.4, 0.5) is 5.82 Å². The maximum atomic E-state index is 8.74. The lowest BCUT2D eigenvalue weighted by molar-refractivity contribution is 1.05. The first kappa shape index (κ1) is 11.6. The molecule has 0 saturated heterocycles. The number of aryl methyl sites for hydroxylation is 2. The molecule has 0 spiro atoms. The van der Waals surface area contributed by atoms with Crippen molar-refractivity contribution in [3.8, 4) is 6.07 Å². The van der Waals surface area contributed by atoms with E-state index < -0.39 is 0 Å². The second kappa shape index (κ2) is 4.93. The second-order valence-corrected chi connectivity index (χ2v) is 4.91. The molecule has 0 saturated carbocycles. The number of nitrogens with zero attached hydrogens (tertiary/aromatic N) is 3. The number of nitriles is 1. The molecular formula is C12H12N4S. The van der Waals surface area contributed by atoms with Crippen LogP contribution in [0.5, 0.6) is 0 Å². The molecule has 2 rings (SSSR count). The van der Waals surface area contributed by atoms with E-state index in [-0.39, 0.29) is 0 Å². The molecule has 0 aliphatic heterocycles. The molecule has 0 amide bonds. The third-order valence-corrected chi connectivity index (χ3v) is 3.43. The van der Waals surface area contributed by atoms with Crippen molar-refractivity contribution in [2.45, 2.75) is 20.4 Å². The molecule has 2 aromatic rings. The largest absolute Gasteiger partial charge is 0.364 e. The van der Waals surface area contributed by atoms with Gasteiger partial charge in [-0.1, -0.05) is 6.07 Å². The fourth-order valence-corrected chi connectivity index (χ4v) is 2.25. The molecule has 0 aromatic carbocycles. The van der Waals surface area contributed by atoms with Crippen LogP contribution in [-0.4, -0.2) is 9.97 Å². The summed E-state index contributed by atoms with van der Waals surface area (Å²) in [6.07, 6.45) is 0. The lowest BCUT2D eigenvalue weighted by atomic mass is 10.3. The van der Waals surface area contributed by atoms with Crippen molar-refractivity contribution in [2.75, 3.05) is 5.32 Å². The molecule has 0 atom stereocenters. The Morgan fingerprint density at radius 2 is 2.18 bits per heavy atom. The number of aromatic nitrogens is 2. The van der Waals surface area contributed by atoms with Gasteiger partial charge in [0, 0.05) is 4.88 Å². The fourth-order valence-electron chi connectivity index (χ4n) is 1.38. The van der Waals surface area contributed by atoms with Crippen LogP contribution in [0.1, 0.15) is 21.3 Å². The molecule has 0 aliphatic carbocycles. The van der Waals surface area contributed by atoms with E-state index in [4.69, 9.17) is 5.26 Å². The van der Waals surface area contributed by atoms with Crippen LogP contribution in [-0.2, 0) is 6.54 Å². The van der Waals surface area contributed by atoms with Gasteiger partial charge in [-0.25, -0.2) is 9.97 Å². The summed E-state index contributed by atoms with van der Waals surface area (Å²) in [5.41, 5.74) is 1.49.